The Morgan fingerprint density at radius 2 is 1.68 bits per heavy atom. The maximum Gasteiger partial charge on any atom is 0.294 e. The number of amides is 3. The predicted molar refractivity (Wildman–Crippen MR) is 135 cm³/mol. The monoisotopic (exact) mass is 512 g/mol. The zero-order valence-corrected chi connectivity index (χ0v) is 20.0. The molecule has 1 aliphatic rings. The van der Waals surface area contributed by atoms with E-state index in [0.29, 0.717) is 33.7 Å². The summed E-state index contributed by atoms with van der Waals surface area (Å²) in [6.07, 6.45) is 1.59. The molecule has 0 spiro atoms. The third kappa shape index (κ3) is 5.80. The van der Waals surface area contributed by atoms with E-state index in [1.807, 2.05) is 24.3 Å². The fraction of sp³-hybridized carbons (Fsp3) is 0.0800. The molecule has 1 N–H and O–H groups in total. The molecule has 1 saturated heterocycles. The van der Waals surface area contributed by atoms with Crippen LogP contribution in [-0.2, 0) is 16.2 Å². The van der Waals surface area contributed by atoms with Gasteiger partial charge in [0.1, 0.15) is 18.9 Å². The molecule has 3 aromatic rings. The fourth-order valence-corrected chi connectivity index (χ4v) is 4.28. The van der Waals surface area contributed by atoms with Crippen LogP contribution in [0, 0.1) is 0 Å². The summed E-state index contributed by atoms with van der Waals surface area (Å²) in [7, 11) is 0. The number of thioether (sulfide) groups is 1. The summed E-state index contributed by atoms with van der Waals surface area (Å²) < 4.78 is 5.92. The van der Waals surface area contributed by atoms with Crippen LogP contribution in [0.1, 0.15) is 11.1 Å². The molecule has 34 heavy (non-hydrogen) atoms. The summed E-state index contributed by atoms with van der Waals surface area (Å²) in [5.74, 6) is -0.513. The predicted octanol–water partition coefficient (Wildman–Crippen LogP) is 6.25. The average molecular weight is 513 g/mol. The minimum Gasteiger partial charge on any atom is -0.488 e. The van der Waals surface area contributed by atoms with E-state index in [0.717, 1.165) is 22.2 Å². The number of nitrogens with one attached hydrogen (secondary N) is 1. The molecule has 1 fully saturated rings. The van der Waals surface area contributed by atoms with Crippen molar-refractivity contribution in [2.45, 2.75) is 6.61 Å². The van der Waals surface area contributed by atoms with Gasteiger partial charge in [-0.15, -0.1) is 0 Å². The molecule has 1 aliphatic heterocycles. The quantitative estimate of drug-likeness (QED) is 0.378. The van der Waals surface area contributed by atoms with E-state index in [4.69, 9.17) is 27.9 Å². The van der Waals surface area contributed by atoms with Crippen molar-refractivity contribution < 1.29 is 19.1 Å². The second kappa shape index (κ2) is 10.8. The highest BCUT2D eigenvalue weighted by Gasteiger charge is 2.36. The Morgan fingerprint density at radius 3 is 2.44 bits per heavy atom. The number of rotatable bonds is 7. The highest BCUT2D eigenvalue weighted by molar-refractivity contribution is 8.18. The maximum absolute atomic E-state index is 12.9. The zero-order valence-electron chi connectivity index (χ0n) is 17.7. The van der Waals surface area contributed by atoms with E-state index in [-0.39, 0.29) is 4.91 Å². The Bertz CT molecular complexity index is 1280. The molecule has 4 rings (SSSR count). The van der Waals surface area contributed by atoms with Gasteiger partial charge in [0.25, 0.3) is 11.1 Å². The summed E-state index contributed by atoms with van der Waals surface area (Å²) >= 11 is 12.7. The Balaban J connectivity index is 1.45. The van der Waals surface area contributed by atoms with Crippen LogP contribution in [0.15, 0.2) is 77.7 Å². The number of halogens is 2. The topological polar surface area (TPSA) is 75.7 Å². The molecule has 3 aromatic carbocycles. The van der Waals surface area contributed by atoms with Gasteiger partial charge in [0, 0.05) is 10.6 Å². The number of para-hydroxylation sites is 2. The minimum absolute atomic E-state index is 0.207. The second-order valence-electron chi connectivity index (χ2n) is 7.25. The van der Waals surface area contributed by atoms with Crippen molar-refractivity contribution in [2.75, 3.05) is 11.9 Å². The molecule has 3 amide bonds. The lowest BCUT2D eigenvalue weighted by Gasteiger charge is -2.13. The van der Waals surface area contributed by atoms with Gasteiger partial charge < -0.3 is 10.1 Å². The first-order valence-electron chi connectivity index (χ1n) is 10.2. The van der Waals surface area contributed by atoms with Crippen molar-refractivity contribution in [3.63, 3.8) is 0 Å². The van der Waals surface area contributed by atoms with Gasteiger partial charge >= 0.3 is 0 Å². The highest BCUT2D eigenvalue weighted by Crippen LogP contribution is 2.34. The Labute approximate surface area is 210 Å². The van der Waals surface area contributed by atoms with E-state index in [1.54, 1.807) is 54.6 Å². The molecule has 6 nitrogen and oxygen atoms in total. The van der Waals surface area contributed by atoms with Crippen LogP contribution in [0.5, 0.6) is 5.75 Å². The smallest absolute Gasteiger partial charge is 0.294 e. The molecule has 1 heterocycles. The Kier molecular flexibility index (Phi) is 7.57. The Hall–Kier alpha value is -3.26. The van der Waals surface area contributed by atoms with Crippen molar-refractivity contribution in [3.05, 3.63) is 98.9 Å². The molecule has 9 heteroatoms. The van der Waals surface area contributed by atoms with Gasteiger partial charge in [0.2, 0.25) is 5.91 Å². The zero-order chi connectivity index (χ0) is 24.1. The van der Waals surface area contributed by atoms with Crippen LogP contribution in [0.4, 0.5) is 10.5 Å². The van der Waals surface area contributed by atoms with Gasteiger partial charge in [-0.1, -0.05) is 65.7 Å². The van der Waals surface area contributed by atoms with Gasteiger partial charge in [-0.25, -0.2) is 0 Å². The number of carbonyl (C=O) groups is 3. The standard InChI is InChI=1S/C25H18Cl2N2O4S/c26-18-11-9-16(10-12-18)15-33-21-8-4-1-5-17(21)13-22-24(31)29(25(32)34-22)14-23(30)28-20-7-3-2-6-19(20)27/h1-13H,14-15H2,(H,28,30)/b22-13+. The van der Waals surface area contributed by atoms with Crippen molar-refractivity contribution >= 4 is 63.8 Å². The van der Waals surface area contributed by atoms with E-state index in [1.165, 1.54) is 0 Å². The number of hydrogen-bond acceptors (Lipinski definition) is 5. The van der Waals surface area contributed by atoms with Gasteiger partial charge in [-0.2, -0.15) is 0 Å². The molecule has 0 radical (unpaired) electrons. The summed E-state index contributed by atoms with van der Waals surface area (Å²) in [6, 6.07) is 21.2. The molecule has 0 aliphatic carbocycles. The molecule has 0 saturated carbocycles. The molecule has 172 valence electrons. The molecular formula is C25H18Cl2N2O4S. The SMILES string of the molecule is O=C(CN1C(=O)S/C(=C/c2ccccc2OCc2ccc(Cl)cc2)C1=O)Nc1ccccc1Cl. The highest BCUT2D eigenvalue weighted by atomic mass is 35.5. The van der Waals surface area contributed by atoms with Crippen molar-refractivity contribution in [1.29, 1.82) is 0 Å². The van der Waals surface area contributed by atoms with Gasteiger partial charge in [-0.3, -0.25) is 19.3 Å². The van der Waals surface area contributed by atoms with Crippen LogP contribution in [0.2, 0.25) is 10.0 Å². The van der Waals surface area contributed by atoms with E-state index < -0.39 is 23.6 Å². The lowest BCUT2D eigenvalue weighted by atomic mass is 10.1. The number of hydrogen-bond donors (Lipinski definition) is 1. The molecular weight excluding hydrogens is 495 g/mol. The largest absolute Gasteiger partial charge is 0.488 e. The van der Waals surface area contributed by atoms with Crippen molar-refractivity contribution in [3.8, 4) is 5.75 Å². The number of ether oxygens (including phenoxy) is 1. The van der Waals surface area contributed by atoms with E-state index >= 15 is 0 Å². The molecule has 0 aromatic heterocycles. The Morgan fingerprint density at radius 1 is 0.971 bits per heavy atom. The summed E-state index contributed by atoms with van der Waals surface area (Å²) in [5, 5.41) is 3.09. The lowest BCUT2D eigenvalue weighted by Crippen LogP contribution is -2.36. The van der Waals surface area contributed by atoms with E-state index in [9.17, 15) is 14.4 Å². The summed E-state index contributed by atoms with van der Waals surface area (Å²) in [6.45, 7) is -0.104. The van der Waals surface area contributed by atoms with Gasteiger partial charge in [-0.05, 0) is 53.7 Å². The average Bonchev–Trinajstić information content (AvgIpc) is 3.08. The van der Waals surface area contributed by atoms with Crippen molar-refractivity contribution in [1.82, 2.24) is 4.90 Å². The molecule has 0 atom stereocenters. The molecule has 0 bridgehead atoms. The normalized spacial score (nSPS) is 14.5. The summed E-state index contributed by atoms with van der Waals surface area (Å²) in [5.41, 5.74) is 1.98. The minimum atomic E-state index is -0.545. The number of carbonyl (C=O) groups excluding carboxylic acids is 3. The fourth-order valence-electron chi connectivity index (χ4n) is 3.15. The molecule has 0 unspecified atom stereocenters. The van der Waals surface area contributed by atoms with Crippen LogP contribution in [0.3, 0.4) is 0 Å². The lowest BCUT2D eigenvalue weighted by molar-refractivity contribution is -0.127. The van der Waals surface area contributed by atoms with Gasteiger partial charge in [0.15, 0.2) is 0 Å². The number of anilines is 1. The number of nitrogens with zero attached hydrogens (tertiary/aromatic N) is 1. The number of benzene rings is 3. The third-order valence-corrected chi connectivity index (χ3v) is 6.33. The van der Waals surface area contributed by atoms with Gasteiger partial charge in [0.05, 0.1) is 15.6 Å². The van der Waals surface area contributed by atoms with Crippen LogP contribution in [0.25, 0.3) is 6.08 Å². The van der Waals surface area contributed by atoms with Crippen LogP contribution >= 0.6 is 35.0 Å². The second-order valence-corrected chi connectivity index (χ2v) is 9.09. The third-order valence-electron chi connectivity index (χ3n) is 4.84. The van der Waals surface area contributed by atoms with Crippen LogP contribution < -0.4 is 10.1 Å². The van der Waals surface area contributed by atoms with Crippen LogP contribution in [-0.4, -0.2) is 28.5 Å². The maximum atomic E-state index is 12.9. The first kappa shape index (κ1) is 23.9. The number of imide groups is 1. The van der Waals surface area contributed by atoms with Crippen molar-refractivity contribution in [2.24, 2.45) is 0 Å². The summed E-state index contributed by atoms with van der Waals surface area (Å²) in [4.78, 5) is 38.8. The first-order chi connectivity index (χ1) is 16.4. The first-order valence-corrected chi connectivity index (χ1v) is 11.7. The van der Waals surface area contributed by atoms with E-state index in [2.05, 4.69) is 5.32 Å².